The summed E-state index contributed by atoms with van der Waals surface area (Å²) in [4.78, 5) is 0. The van der Waals surface area contributed by atoms with Crippen molar-refractivity contribution in [1.29, 1.82) is 0 Å². The molecular formula is C36H42N6O. The summed E-state index contributed by atoms with van der Waals surface area (Å²) in [5.74, 6) is 0.838. The van der Waals surface area contributed by atoms with Crippen molar-refractivity contribution in [2.75, 3.05) is 0 Å². The monoisotopic (exact) mass is 574 g/mol. The van der Waals surface area contributed by atoms with Gasteiger partial charge in [0.05, 0.1) is 35.3 Å². The molecule has 0 saturated heterocycles. The lowest BCUT2D eigenvalue weighted by Crippen LogP contribution is -2.08. The molecule has 1 fully saturated rings. The van der Waals surface area contributed by atoms with Crippen molar-refractivity contribution in [3.8, 4) is 11.3 Å². The molecule has 6 rings (SSSR count). The second-order valence-electron chi connectivity index (χ2n) is 12.1. The molecule has 1 aliphatic carbocycles. The summed E-state index contributed by atoms with van der Waals surface area (Å²) in [6, 6.07) is 16.0. The average Bonchev–Trinajstić information content (AvgIpc) is 3.53. The topological polar surface area (TPSA) is 73.7 Å². The van der Waals surface area contributed by atoms with Gasteiger partial charge in [0.2, 0.25) is 0 Å². The molecule has 7 nitrogen and oxygen atoms in total. The van der Waals surface area contributed by atoms with Crippen LogP contribution in [0.15, 0.2) is 72.6 Å². The Labute approximate surface area is 254 Å². The van der Waals surface area contributed by atoms with Crippen LogP contribution in [0.4, 0.5) is 0 Å². The SMILES string of the molecule is CC/C=C(\C(=C/c1cn(C)nc1C)n1nc(-c2cccc3nn(C[C@H](O)c4ccccc4)cc23)c(C(C)C)c1C)C1CC1. The molecule has 0 aliphatic heterocycles. The number of hydrogen-bond acceptors (Lipinski definition) is 4. The molecule has 0 spiro atoms. The number of aliphatic hydroxyl groups is 1. The van der Waals surface area contributed by atoms with Gasteiger partial charge >= 0.3 is 0 Å². The van der Waals surface area contributed by atoms with Gasteiger partial charge in [0.25, 0.3) is 0 Å². The molecular weight excluding hydrogens is 532 g/mol. The molecule has 43 heavy (non-hydrogen) atoms. The number of aromatic nitrogens is 6. The van der Waals surface area contributed by atoms with Crippen LogP contribution in [0.25, 0.3) is 33.9 Å². The van der Waals surface area contributed by atoms with Gasteiger partial charge in [-0.25, -0.2) is 4.68 Å². The molecule has 1 saturated carbocycles. The Morgan fingerprint density at radius 3 is 2.42 bits per heavy atom. The van der Waals surface area contributed by atoms with Crippen molar-refractivity contribution in [1.82, 2.24) is 29.3 Å². The Morgan fingerprint density at radius 1 is 1.00 bits per heavy atom. The van der Waals surface area contributed by atoms with E-state index in [9.17, 15) is 5.11 Å². The van der Waals surface area contributed by atoms with Gasteiger partial charge in [0.1, 0.15) is 0 Å². The lowest BCUT2D eigenvalue weighted by molar-refractivity contribution is 0.152. The maximum atomic E-state index is 10.9. The van der Waals surface area contributed by atoms with Crippen LogP contribution in [0.1, 0.15) is 80.1 Å². The first-order chi connectivity index (χ1) is 20.7. The number of benzene rings is 2. The number of nitrogens with zero attached hydrogens (tertiary/aromatic N) is 6. The summed E-state index contributed by atoms with van der Waals surface area (Å²) in [6.45, 7) is 11.4. The van der Waals surface area contributed by atoms with Crippen LogP contribution in [0.2, 0.25) is 0 Å². The number of fused-ring (bicyclic) bond motifs is 1. The quantitative estimate of drug-likeness (QED) is 0.172. The largest absolute Gasteiger partial charge is 0.386 e. The first-order valence-electron chi connectivity index (χ1n) is 15.5. The van der Waals surface area contributed by atoms with Gasteiger partial charge < -0.3 is 5.11 Å². The molecule has 0 bridgehead atoms. The van der Waals surface area contributed by atoms with E-state index in [2.05, 4.69) is 81.1 Å². The zero-order chi connectivity index (χ0) is 30.2. The van der Waals surface area contributed by atoms with Crippen molar-refractivity contribution < 1.29 is 5.11 Å². The number of aryl methyl sites for hydroxylation is 2. The predicted octanol–water partition coefficient (Wildman–Crippen LogP) is 7.85. The number of rotatable bonds is 10. The molecule has 222 valence electrons. The molecule has 3 aromatic heterocycles. The van der Waals surface area contributed by atoms with Crippen molar-refractivity contribution in [2.45, 2.75) is 72.4 Å². The Morgan fingerprint density at radius 2 is 1.77 bits per heavy atom. The maximum Gasteiger partial charge on any atom is 0.0985 e. The van der Waals surface area contributed by atoms with E-state index in [-0.39, 0.29) is 5.92 Å². The fourth-order valence-corrected chi connectivity index (χ4v) is 6.26. The third-order valence-electron chi connectivity index (χ3n) is 8.45. The summed E-state index contributed by atoms with van der Waals surface area (Å²) in [5.41, 5.74) is 10.9. The maximum absolute atomic E-state index is 10.9. The van der Waals surface area contributed by atoms with E-state index >= 15 is 0 Å². The van der Waals surface area contributed by atoms with Crippen molar-refractivity contribution in [2.24, 2.45) is 13.0 Å². The summed E-state index contributed by atoms with van der Waals surface area (Å²) >= 11 is 0. The number of hydrogen-bond donors (Lipinski definition) is 1. The molecule has 1 N–H and O–H groups in total. The highest BCUT2D eigenvalue weighted by molar-refractivity contribution is 5.95. The predicted molar refractivity (Wildman–Crippen MR) is 174 cm³/mol. The van der Waals surface area contributed by atoms with E-state index in [1.165, 1.54) is 24.0 Å². The summed E-state index contributed by atoms with van der Waals surface area (Å²) in [6.07, 6.45) is 11.6. The van der Waals surface area contributed by atoms with E-state index < -0.39 is 6.10 Å². The van der Waals surface area contributed by atoms with Crippen molar-refractivity contribution >= 4 is 22.7 Å². The van der Waals surface area contributed by atoms with Gasteiger partial charge in [-0.15, -0.1) is 0 Å². The van der Waals surface area contributed by atoms with Crippen LogP contribution >= 0.6 is 0 Å². The fraction of sp³-hybridized carbons (Fsp3) is 0.361. The summed E-state index contributed by atoms with van der Waals surface area (Å²) < 4.78 is 5.92. The van der Waals surface area contributed by atoms with Crippen LogP contribution in [0, 0.1) is 19.8 Å². The first-order valence-corrected chi connectivity index (χ1v) is 15.5. The molecule has 0 amide bonds. The van der Waals surface area contributed by atoms with E-state index in [1.54, 1.807) is 0 Å². The smallest absolute Gasteiger partial charge is 0.0985 e. The fourth-order valence-electron chi connectivity index (χ4n) is 6.26. The van der Waals surface area contributed by atoms with E-state index in [0.29, 0.717) is 12.5 Å². The molecule has 1 aliphatic rings. The van der Waals surface area contributed by atoms with Crippen LogP contribution in [-0.4, -0.2) is 34.4 Å². The van der Waals surface area contributed by atoms with Gasteiger partial charge in [0, 0.05) is 47.2 Å². The molecule has 5 aromatic rings. The number of allylic oxidation sites excluding steroid dienone is 3. The van der Waals surface area contributed by atoms with E-state index in [0.717, 1.165) is 56.8 Å². The van der Waals surface area contributed by atoms with Crippen LogP contribution in [0.5, 0.6) is 0 Å². The van der Waals surface area contributed by atoms with E-state index in [1.807, 2.05) is 52.8 Å². The highest BCUT2D eigenvalue weighted by atomic mass is 16.3. The zero-order valence-electron chi connectivity index (χ0n) is 26.1. The third kappa shape index (κ3) is 5.74. The third-order valence-corrected chi connectivity index (χ3v) is 8.45. The highest BCUT2D eigenvalue weighted by Crippen LogP contribution is 2.44. The minimum absolute atomic E-state index is 0.273. The molecule has 2 aromatic carbocycles. The molecule has 0 unspecified atom stereocenters. The lowest BCUT2D eigenvalue weighted by Gasteiger charge is -2.15. The Balaban J connectivity index is 1.49. The normalized spacial score (nSPS) is 15.2. The Bertz CT molecular complexity index is 1810. The van der Waals surface area contributed by atoms with Gasteiger partial charge in [0.15, 0.2) is 0 Å². The highest BCUT2D eigenvalue weighted by Gasteiger charge is 2.31. The second-order valence-corrected chi connectivity index (χ2v) is 12.1. The molecule has 1 atom stereocenters. The minimum Gasteiger partial charge on any atom is -0.386 e. The number of aliphatic hydroxyl groups excluding tert-OH is 1. The minimum atomic E-state index is -0.638. The second kappa shape index (κ2) is 11.8. The van der Waals surface area contributed by atoms with Crippen LogP contribution < -0.4 is 0 Å². The zero-order valence-corrected chi connectivity index (χ0v) is 26.1. The van der Waals surface area contributed by atoms with Gasteiger partial charge in [-0.05, 0) is 68.2 Å². The molecule has 3 heterocycles. The summed E-state index contributed by atoms with van der Waals surface area (Å²) in [5, 5.41) is 26.8. The van der Waals surface area contributed by atoms with Gasteiger partial charge in [-0.1, -0.05) is 69.3 Å². The van der Waals surface area contributed by atoms with Crippen LogP contribution in [-0.2, 0) is 13.6 Å². The molecule has 7 heteroatoms. The Kier molecular flexibility index (Phi) is 7.93. The standard InChI is InChI=1S/C36H42N6O/c1-7-12-29(26-17-18-26)33(19-28-20-40(6)37-24(28)4)42-25(5)35(23(2)3)36(39-42)30-15-11-16-32-31(30)21-41(38-32)22-34(43)27-13-9-8-10-14-27/h8-16,19-21,23,26,34,43H,7,17-18,22H2,1-6H3/b29-12-,33-19+/t34-/m0/s1. The van der Waals surface area contributed by atoms with Crippen molar-refractivity contribution in [3.05, 3.63) is 101 Å². The summed E-state index contributed by atoms with van der Waals surface area (Å²) in [7, 11) is 1.97. The van der Waals surface area contributed by atoms with Gasteiger partial charge in [-0.2, -0.15) is 15.3 Å². The lowest BCUT2D eigenvalue weighted by atomic mass is 9.95. The van der Waals surface area contributed by atoms with Gasteiger partial charge in [-0.3, -0.25) is 9.36 Å². The molecule has 0 radical (unpaired) electrons. The van der Waals surface area contributed by atoms with E-state index in [4.69, 9.17) is 10.2 Å². The Hall–Kier alpha value is -4.23. The van der Waals surface area contributed by atoms with Crippen molar-refractivity contribution in [3.63, 3.8) is 0 Å². The first kappa shape index (κ1) is 28.9. The average molecular weight is 575 g/mol. The van der Waals surface area contributed by atoms with Crippen LogP contribution in [0.3, 0.4) is 0 Å².